The molecule has 2 rings (SSSR count). The summed E-state index contributed by atoms with van der Waals surface area (Å²) in [7, 11) is 0. The number of amides is 1. The van der Waals surface area contributed by atoms with E-state index < -0.39 is 11.9 Å². The van der Waals surface area contributed by atoms with Crippen molar-refractivity contribution in [2.24, 2.45) is 0 Å². The fourth-order valence-electron chi connectivity index (χ4n) is 1.51. The maximum absolute atomic E-state index is 12.1. The van der Waals surface area contributed by atoms with Crippen LogP contribution in [0.4, 0.5) is 5.69 Å². The van der Waals surface area contributed by atoms with Gasteiger partial charge in [-0.25, -0.2) is 4.79 Å². The Morgan fingerprint density at radius 2 is 2.05 bits per heavy atom. The highest BCUT2D eigenvalue weighted by Gasteiger charge is 2.14. The van der Waals surface area contributed by atoms with Crippen LogP contribution in [-0.4, -0.2) is 22.0 Å². The van der Waals surface area contributed by atoms with Crippen LogP contribution in [-0.2, 0) is 0 Å². The second-order valence-electron chi connectivity index (χ2n) is 3.81. The largest absolute Gasteiger partial charge is 0.478 e. The van der Waals surface area contributed by atoms with E-state index in [0.717, 1.165) is 3.57 Å². The maximum atomic E-state index is 12.1. The van der Waals surface area contributed by atoms with E-state index in [-0.39, 0.29) is 11.3 Å². The fraction of sp³-hybridized carbons (Fsp3) is 0. The number of hydrogen-bond acceptors (Lipinski definition) is 3. The molecular weight excluding hydrogens is 395 g/mol. The van der Waals surface area contributed by atoms with Gasteiger partial charge in [-0.2, -0.15) is 0 Å². The van der Waals surface area contributed by atoms with Gasteiger partial charge in [-0.1, -0.05) is 11.6 Å². The molecule has 1 aromatic heterocycles. The Bertz CT molecular complexity index is 691. The lowest BCUT2D eigenvalue weighted by Gasteiger charge is -2.08. The van der Waals surface area contributed by atoms with Crippen molar-refractivity contribution in [3.8, 4) is 0 Å². The van der Waals surface area contributed by atoms with Crippen LogP contribution in [0.2, 0.25) is 5.02 Å². The van der Waals surface area contributed by atoms with Crippen LogP contribution < -0.4 is 5.32 Å². The number of carboxylic acids is 1. The second-order valence-corrected chi connectivity index (χ2v) is 5.38. The smallest absolute Gasteiger partial charge is 0.337 e. The highest BCUT2D eigenvalue weighted by atomic mass is 127. The molecule has 1 heterocycles. The number of aromatic nitrogens is 1. The van der Waals surface area contributed by atoms with Gasteiger partial charge in [-0.3, -0.25) is 9.78 Å². The molecule has 102 valence electrons. The molecule has 5 nitrogen and oxygen atoms in total. The standard InChI is InChI=1S/C13H8ClIN2O3/c14-9-5-7(1-2-10(9)15)12(18)17-11-6-16-4-3-8(11)13(19)20/h1-6H,(H,17,18)(H,19,20). The molecule has 0 fully saturated rings. The molecule has 1 amide bonds. The van der Waals surface area contributed by atoms with Crippen LogP contribution in [0.3, 0.4) is 0 Å². The summed E-state index contributed by atoms with van der Waals surface area (Å²) >= 11 is 8.00. The minimum absolute atomic E-state index is 0.0232. The van der Waals surface area contributed by atoms with Gasteiger partial charge >= 0.3 is 5.97 Å². The van der Waals surface area contributed by atoms with E-state index in [1.807, 2.05) is 0 Å². The summed E-state index contributed by atoms with van der Waals surface area (Å²) in [4.78, 5) is 26.9. The first-order valence-electron chi connectivity index (χ1n) is 5.42. The number of carboxylic acid groups (broad SMARTS) is 1. The van der Waals surface area contributed by atoms with Crippen molar-refractivity contribution < 1.29 is 14.7 Å². The summed E-state index contributed by atoms with van der Waals surface area (Å²) < 4.78 is 0.827. The van der Waals surface area contributed by atoms with Crippen LogP contribution >= 0.6 is 34.2 Å². The van der Waals surface area contributed by atoms with Gasteiger partial charge in [0.1, 0.15) is 0 Å². The first kappa shape index (κ1) is 14.7. The lowest BCUT2D eigenvalue weighted by molar-refractivity contribution is 0.0698. The Kier molecular flexibility index (Phi) is 4.56. The summed E-state index contributed by atoms with van der Waals surface area (Å²) in [5, 5.41) is 12.0. The third kappa shape index (κ3) is 3.26. The molecule has 0 aliphatic heterocycles. The SMILES string of the molecule is O=C(Nc1cnccc1C(=O)O)c1ccc(I)c(Cl)c1. The topological polar surface area (TPSA) is 79.3 Å². The maximum Gasteiger partial charge on any atom is 0.337 e. The average Bonchev–Trinajstić information content (AvgIpc) is 2.42. The minimum Gasteiger partial charge on any atom is -0.478 e. The summed E-state index contributed by atoms with van der Waals surface area (Å²) in [6.45, 7) is 0. The van der Waals surface area contributed by atoms with Gasteiger partial charge in [0.2, 0.25) is 0 Å². The molecule has 0 aliphatic carbocycles. The molecule has 0 aliphatic rings. The third-order valence-corrected chi connectivity index (χ3v) is 4.05. The Labute approximate surface area is 133 Å². The molecule has 0 atom stereocenters. The number of hydrogen-bond donors (Lipinski definition) is 2. The number of pyridine rings is 1. The van der Waals surface area contributed by atoms with Crippen molar-refractivity contribution in [2.75, 3.05) is 5.32 Å². The molecule has 0 saturated carbocycles. The number of benzene rings is 1. The molecule has 7 heteroatoms. The van der Waals surface area contributed by atoms with E-state index in [0.29, 0.717) is 10.6 Å². The molecule has 0 bridgehead atoms. The van der Waals surface area contributed by atoms with Gasteiger partial charge in [-0.15, -0.1) is 0 Å². The highest BCUT2D eigenvalue weighted by Crippen LogP contribution is 2.21. The predicted molar refractivity (Wildman–Crippen MR) is 83.3 cm³/mol. The molecule has 0 unspecified atom stereocenters. The number of carbonyl (C=O) groups excluding carboxylic acids is 1. The summed E-state index contributed by atoms with van der Waals surface area (Å²) in [5.41, 5.74) is 0.459. The van der Waals surface area contributed by atoms with E-state index in [1.54, 1.807) is 12.1 Å². The van der Waals surface area contributed by atoms with Crippen LogP contribution in [0.15, 0.2) is 36.7 Å². The van der Waals surface area contributed by atoms with Gasteiger partial charge in [0.15, 0.2) is 0 Å². The zero-order chi connectivity index (χ0) is 14.7. The predicted octanol–water partition coefficient (Wildman–Crippen LogP) is 3.29. The van der Waals surface area contributed by atoms with E-state index in [1.165, 1.54) is 24.5 Å². The Hall–Kier alpha value is -1.67. The van der Waals surface area contributed by atoms with Crippen molar-refractivity contribution in [1.29, 1.82) is 0 Å². The normalized spacial score (nSPS) is 10.1. The van der Waals surface area contributed by atoms with Crippen LogP contribution in [0.25, 0.3) is 0 Å². The minimum atomic E-state index is -1.14. The lowest BCUT2D eigenvalue weighted by atomic mass is 10.2. The molecule has 0 spiro atoms. The first-order chi connectivity index (χ1) is 9.49. The van der Waals surface area contributed by atoms with Crippen LogP contribution in [0.5, 0.6) is 0 Å². The molecule has 2 aromatic rings. The van der Waals surface area contributed by atoms with Crippen molar-refractivity contribution in [3.05, 3.63) is 56.4 Å². The lowest BCUT2D eigenvalue weighted by Crippen LogP contribution is -2.15. The fourth-order valence-corrected chi connectivity index (χ4v) is 2.03. The van der Waals surface area contributed by atoms with E-state index in [9.17, 15) is 9.59 Å². The van der Waals surface area contributed by atoms with Crippen molar-refractivity contribution in [1.82, 2.24) is 4.98 Å². The number of halogens is 2. The van der Waals surface area contributed by atoms with Gasteiger partial charge in [-0.05, 0) is 46.9 Å². The number of nitrogens with one attached hydrogen (secondary N) is 1. The summed E-state index contributed by atoms with van der Waals surface area (Å²) in [6.07, 6.45) is 2.64. The van der Waals surface area contributed by atoms with Gasteiger partial charge in [0, 0.05) is 15.3 Å². The number of nitrogens with zero attached hydrogens (tertiary/aromatic N) is 1. The summed E-state index contributed by atoms with van der Waals surface area (Å²) in [5.74, 6) is -1.58. The summed E-state index contributed by atoms with van der Waals surface area (Å²) in [6, 6.07) is 6.16. The number of carbonyl (C=O) groups is 2. The van der Waals surface area contributed by atoms with Gasteiger partial charge in [0.25, 0.3) is 5.91 Å². The quantitative estimate of drug-likeness (QED) is 0.772. The van der Waals surface area contributed by atoms with Crippen LogP contribution in [0, 0.1) is 3.57 Å². The Morgan fingerprint density at radius 3 is 2.70 bits per heavy atom. The first-order valence-corrected chi connectivity index (χ1v) is 6.88. The van der Waals surface area contributed by atoms with Gasteiger partial charge < -0.3 is 10.4 Å². The van der Waals surface area contributed by atoms with Crippen LogP contribution in [0.1, 0.15) is 20.7 Å². The number of rotatable bonds is 3. The van der Waals surface area contributed by atoms with Crippen molar-refractivity contribution in [3.63, 3.8) is 0 Å². The van der Waals surface area contributed by atoms with E-state index in [2.05, 4.69) is 32.9 Å². The Balaban J connectivity index is 2.28. The van der Waals surface area contributed by atoms with E-state index in [4.69, 9.17) is 16.7 Å². The zero-order valence-corrected chi connectivity index (χ0v) is 12.8. The second kappa shape index (κ2) is 6.19. The van der Waals surface area contributed by atoms with E-state index >= 15 is 0 Å². The van der Waals surface area contributed by atoms with Crippen molar-refractivity contribution >= 4 is 51.8 Å². The molecule has 2 N–H and O–H groups in total. The molecule has 0 saturated heterocycles. The Morgan fingerprint density at radius 1 is 1.30 bits per heavy atom. The average molecular weight is 403 g/mol. The van der Waals surface area contributed by atoms with Crippen molar-refractivity contribution in [2.45, 2.75) is 0 Å². The van der Waals surface area contributed by atoms with Gasteiger partial charge in [0.05, 0.1) is 22.5 Å². The monoisotopic (exact) mass is 402 g/mol. The third-order valence-electron chi connectivity index (χ3n) is 2.48. The molecule has 20 heavy (non-hydrogen) atoms. The number of aromatic carboxylic acids is 1. The molecule has 1 aromatic carbocycles. The molecule has 0 radical (unpaired) electrons. The highest BCUT2D eigenvalue weighted by molar-refractivity contribution is 14.1. The molecular formula is C13H8ClIN2O3. The number of anilines is 1. The zero-order valence-electron chi connectivity index (χ0n) is 9.93.